The van der Waals surface area contributed by atoms with E-state index in [2.05, 4.69) is 31.2 Å². The maximum Gasteiger partial charge on any atom is 0.0768 e. The first kappa shape index (κ1) is 15.0. The van der Waals surface area contributed by atoms with Gasteiger partial charge in [-0.05, 0) is 30.4 Å². The summed E-state index contributed by atoms with van der Waals surface area (Å²) in [7, 11) is 0. The Morgan fingerprint density at radius 2 is 1.95 bits per heavy atom. The lowest BCUT2D eigenvalue weighted by molar-refractivity contribution is -0.164. The number of benzene rings is 1. The first-order valence-corrected chi connectivity index (χ1v) is 8.23. The van der Waals surface area contributed by atoms with Gasteiger partial charge in [-0.1, -0.05) is 37.6 Å². The Morgan fingerprint density at radius 1 is 1.29 bits per heavy atom. The van der Waals surface area contributed by atoms with Crippen molar-refractivity contribution >= 4 is 0 Å². The molecule has 1 aromatic rings. The van der Waals surface area contributed by atoms with Gasteiger partial charge in [0.2, 0.25) is 0 Å². The maximum atomic E-state index is 11.4. The molecule has 0 amide bonds. The molecule has 1 fully saturated rings. The van der Waals surface area contributed by atoms with Gasteiger partial charge in [0.25, 0.3) is 0 Å². The van der Waals surface area contributed by atoms with Gasteiger partial charge in [-0.2, -0.15) is 0 Å². The van der Waals surface area contributed by atoms with Crippen LogP contribution in [0.15, 0.2) is 24.3 Å². The van der Waals surface area contributed by atoms with Crippen LogP contribution in [0.2, 0.25) is 0 Å². The predicted octanol–water partition coefficient (Wildman–Crippen LogP) is 2.44. The summed E-state index contributed by atoms with van der Waals surface area (Å²) in [6.07, 6.45) is 5.53. The quantitative estimate of drug-likeness (QED) is 0.895. The van der Waals surface area contributed by atoms with E-state index in [-0.39, 0.29) is 11.5 Å². The summed E-state index contributed by atoms with van der Waals surface area (Å²) in [6, 6.07) is 8.52. The third-order valence-electron chi connectivity index (χ3n) is 5.60. The summed E-state index contributed by atoms with van der Waals surface area (Å²) in [4.78, 5) is 0. The highest BCUT2D eigenvalue weighted by atomic mass is 16.5. The van der Waals surface area contributed by atoms with Crippen molar-refractivity contribution in [3.63, 3.8) is 0 Å². The van der Waals surface area contributed by atoms with Gasteiger partial charge in [0, 0.05) is 31.4 Å². The van der Waals surface area contributed by atoms with Crippen LogP contribution in [0.5, 0.6) is 0 Å². The van der Waals surface area contributed by atoms with E-state index in [0.29, 0.717) is 19.6 Å². The van der Waals surface area contributed by atoms with Crippen molar-refractivity contribution < 1.29 is 9.84 Å². The molecule has 0 aromatic heterocycles. The molecule has 116 valence electrons. The Hall–Kier alpha value is -0.900. The van der Waals surface area contributed by atoms with E-state index in [9.17, 15) is 5.11 Å². The maximum absolute atomic E-state index is 11.4. The lowest BCUT2D eigenvalue weighted by Crippen LogP contribution is -2.57. The second kappa shape index (κ2) is 5.71. The zero-order valence-electron chi connectivity index (χ0n) is 13.0. The molecule has 1 aromatic carbocycles. The Labute approximate surface area is 127 Å². The van der Waals surface area contributed by atoms with Crippen molar-refractivity contribution in [1.82, 2.24) is 0 Å². The highest BCUT2D eigenvalue weighted by Crippen LogP contribution is 2.49. The molecule has 3 N–H and O–H groups in total. The molecule has 3 heteroatoms. The molecular formula is C18H27NO2. The fraction of sp³-hybridized carbons (Fsp3) is 0.667. The molecule has 2 atom stereocenters. The number of aliphatic hydroxyl groups is 1. The van der Waals surface area contributed by atoms with Crippen molar-refractivity contribution in [2.75, 3.05) is 13.2 Å². The summed E-state index contributed by atoms with van der Waals surface area (Å²) in [5.74, 6) is 0. The first-order valence-electron chi connectivity index (χ1n) is 8.23. The Kier molecular flexibility index (Phi) is 4.08. The van der Waals surface area contributed by atoms with E-state index in [1.807, 2.05) is 0 Å². The third kappa shape index (κ3) is 2.52. The largest absolute Gasteiger partial charge is 0.389 e. The van der Waals surface area contributed by atoms with E-state index in [1.165, 1.54) is 11.1 Å². The number of fused-ring (bicyclic) bond motifs is 1. The van der Waals surface area contributed by atoms with Crippen LogP contribution in [-0.2, 0) is 17.6 Å². The van der Waals surface area contributed by atoms with Crippen LogP contribution in [0.25, 0.3) is 0 Å². The number of ether oxygens (including phenoxy) is 1. The molecular weight excluding hydrogens is 262 g/mol. The minimum Gasteiger partial charge on any atom is -0.389 e. The van der Waals surface area contributed by atoms with Crippen LogP contribution >= 0.6 is 0 Å². The van der Waals surface area contributed by atoms with Crippen molar-refractivity contribution in [2.45, 2.75) is 57.2 Å². The average Bonchev–Trinajstić information content (AvgIpc) is 2.88. The van der Waals surface area contributed by atoms with Gasteiger partial charge in [-0.3, -0.25) is 0 Å². The van der Waals surface area contributed by atoms with Crippen LogP contribution in [-0.4, -0.2) is 30.0 Å². The number of hydrogen-bond acceptors (Lipinski definition) is 3. The van der Waals surface area contributed by atoms with Gasteiger partial charge in [0.05, 0.1) is 11.7 Å². The first-order chi connectivity index (χ1) is 10.1. The van der Waals surface area contributed by atoms with Crippen LogP contribution in [0, 0.1) is 5.41 Å². The van der Waals surface area contributed by atoms with E-state index in [4.69, 9.17) is 10.5 Å². The zero-order valence-corrected chi connectivity index (χ0v) is 13.0. The van der Waals surface area contributed by atoms with E-state index < -0.39 is 5.60 Å². The standard InChI is InChI=1S/C18H27NO2/c1-2-5-16-12-18(20,8-9-21-16)17(13-19)10-14-6-3-4-7-15(14)11-17/h3-4,6-7,16,20H,2,5,8-13,19H2,1H3. The van der Waals surface area contributed by atoms with Crippen molar-refractivity contribution in [3.8, 4) is 0 Å². The summed E-state index contributed by atoms with van der Waals surface area (Å²) >= 11 is 0. The summed E-state index contributed by atoms with van der Waals surface area (Å²) in [6.45, 7) is 3.36. The molecule has 2 aliphatic rings. The second-order valence-corrected chi connectivity index (χ2v) is 6.87. The van der Waals surface area contributed by atoms with Crippen LogP contribution in [0.1, 0.15) is 43.7 Å². The van der Waals surface area contributed by atoms with Gasteiger partial charge < -0.3 is 15.6 Å². The Morgan fingerprint density at radius 3 is 2.52 bits per heavy atom. The zero-order chi connectivity index (χ0) is 14.9. The normalized spacial score (nSPS) is 31.1. The van der Waals surface area contributed by atoms with Crippen molar-refractivity contribution in [3.05, 3.63) is 35.4 Å². The van der Waals surface area contributed by atoms with Crippen molar-refractivity contribution in [2.24, 2.45) is 11.1 Å². The number of hydrogen-bond donors (Lipinski definition) is 2. The lowest BCUT2D eigenvalue weighted by atomic mass is 9.64. The molecule has 0 saturated carbocycles. The highest BCUT2D eigenvalue weighted by molar-refractivity contribution is 5.36. The van der Waals surface area contributed by atoms with E-state index in [0.717, 1.165) is 32.1 Å². The van der Waals surface area contributed by atoms with Gasteiger partial charge in [-0.25, -0.2) is 0 Å². The van der Waals surface area contributed by atoms with Gasteiger partial charge >= 0.3 is 0 Å². The molecule has 21 heavy (non-hydrogen) atoms. The SMILES string of the molecule is CCCC1CC(O)(C2(CN)Cc3ccccc3C2)CCO1. The molecule has 1 aliphatic carbocycles. The van der Waals surface area contributed by atoms with Crippen LogP contribution < -0.4 is 5.73 Å². The van der Waals surface area contributed by atoms with Crippen LogP contribution in [0.3, 0.4) is 0 Å². The predicted molar refractivity (Wildman–Crippen MR) is 84.2 cm³/mol. The van der Waals surface area contributed by atoms with Gasteiger partial charge in [0.1, 0.15) is 0 Å². The monoisotopic (exact) mass is 289 g/mol. The summed E-state index contributed by atoms with van der Waals surface area (Å²) < 4.78 is 5.84. The molecule has 1 saturated heterocycles. The minimum absolute atomic E-state index is 0.181. The molecule has 0 radical (unpaired) electrons. The molecule has 3 nitrogen and oxygen atoms in total. The molecule has 2 unspecified atom stereocenters. The average molecular weight is 289 g/mol. The molecule has 1 heterocycles. The smallest absolute Gasteiger partial charge is 0.0768 e. The molecule has 3 rings (SSSR count). The van der Waals surface area contributed by atoms with Gasteiger partial charge in [0.15, 0.2) is 0 Å². The Bertz CT molecular complexity index is 475. The van der Waals surface area contributed by atoms with Crippen molar-refractivity contribution in [1.29, 1.82) is 0 Å². The fourth-order valence-electron chi connectivity index (χ4n) is 4.28. The van der Waals surface area contributed by atoms with Crippen LogP contribution in [0.4, 0.5) is 0 Å². The third-order valence-corrected chi connectivity index (χ3v) is 5.60. The minimum atomic E-state index is -0.696. The van der Waals surface area contributed by atoms with E-state index in [1.54, 1.807) is 0 Å². The highest BCUT2D eigenvalue weighted by Gasteiger charge is 2.54. The number of rotatable bonds is 4. The molecule has 0 bridgehead atoms. The summed E-state index contributed by atoms with van der Waals surface area (Å²) in [5, 5.41) is 11.4. The van der Waals surface area contributed by atoms with Gasteiger partial charge in [-0.15, -0.1) is 0 Å². The second-order valence-electron chi connectivity index (χ2n) is 6.87. The van der Waals surface area contributed by atoms with E-state index >= 15 is 0 Å². The lowest BCUT2D eigenvalue weighted by Gasteiger charge is -2.49. The summed E-state index contributed by atoms with van der Waals surface area (Å²) in [5.41, 5.74) is 7.98. The number of nitrogens with two attached hydrogens (primary N) is 1. The topological polar surface area (TPSA) is 55.5 Å². The molecule has 0 spiro atoms. The molecule has 1 aliphatic heterocycles. The fourth-order valence-corrected chi connectivity index (χ4v) is 4.28. The Balaban J connectivity index is 1.86.